The molecule has 9 heteroatoms. The zero-order chi connectivity index (χ0) is 44.4. The lowest BCUT2D eigenvalue weighted by Gasteiger charge is -2.18. The molecule has 0 aliphatic heterocycles. The predicted molar refractivity (Wildman–Crippen MR) is 268 cm³/mol. The van der Waals surface area contributed by atoms with Crippen molar-refractivity contribution in [1.29, 1.82) is 0 Å². The molecule has 64 heavy (non-hydrogen) atoms. The summed E-state index contributed by atoms with van der Waals surface area (Å²) >= 11 is 5.87. The van der Waals surface area contributed by atoms with Gasteiger partial charge >= 0.3 is 5.97 Å². The second-order valence-electron chi connectivity index (χ2n) is 15.9. The third-order valence-electron chi connectivity index (χ3n) is 10.8. The van der Waals surface area contributed by atoms with Gasteiger partial charge in [0.15, 0.2) is 0 Å². The molecule has 0 unspecified atom stereocenters. The Labute approximate surface area is 383 Å². The minimum absolute atomic E-state index is 0.347. The molecular weight excluding hydrogens is 834 g/mol. The van der Waals surface area contributed by atoms with Crippen LogP contribution in [0.5, 0.6) is 11.5 Å². The first kappa shape index (κ1) is 43.9. The number of ether oxygens (including phenoxy) is 2. The molecule has 0 amide bonds. The van der Waals surface area contributed by atoms with E-state index < -0.39 is 11.8 Å². The molecule has 0 saturated carbocycles. The summed E-state index contributed by atoms with van der Waals surface area (Å²) < 4.78 is 29.2. The molecule has 6 nitrogen and oxygen atoms in total. The van der Waals surface area contributed by atoms with Crippen molar-refractivity contribution in [3.63, 3.8) is 0 Å². The van der Waals surface area contributed by atoms with E-state index in [1.165, 1.54) is 0 Å². The summed E-state index contributed by atoms with van der Waals surface area (Å²) in [5.74, 6) is 7.69. The van der Waals surface area contributed by atoms with Crippen LogP contribution in [0.3, 0.4) is 0 Å². The molecule has 0 spiro atoms. The normalized spacial score (nSPS) is 11.5. The summed E-state index contributed by atoms with van der Waals surface area (Å²) in [6.45, 7) is 7.60. The van der Waals surface area contributed by atoms with Crippen LogP contribution in [0.2, 0.25) is 0 Å². The number of carbonyl (C=O) groups is 1. The minimum Gasteiger partial charge on any atom is -0.494 e. The van der Waals surface area contributed by atoms with E-state index in [1.807, 2.05) is 90.8 Å². The van der Waals surface area contributed by atoms with Crippen molar-refractivity contribution in [3.8, 4) is 45.6 Å². The predicted octanol–water partition coefficient (Wildman–Crippen LogP) is 14.2. The van der Waals surface area contributed by atoms with Gasteiger partial charge in [-0.25, -0.2) is 19.2 Å². The van der Waals surface area contributed by atoms with Crippen LogP contribution in [-0.4, -0.2) is 36.1 Å². The van der Waals surface area contributed by atoms with Gasteiger partial charge in [-0.2, -0.15) is 17.7 Å². The number of thiol groups is 1. The number of rotatable bonds is 15. The fourth-order valence-corrected chi connectivity index (χ4v) is 8.49. The maximum Gasteiger partial charge on any atom is 0.343 e. The van der Waals surface area contributed by atoms with E-state index in [-0.39, 0.29) is 0 Å². The Morgan fingerprint density at radius 1 is 0.844 bits per heavy atom. The number of carbonyl (C=O) groups excluding carboxylic acids is 1. The maximum absolute atomic E-state index is 16.4. The molecule has 0 N–H and O–H groups in total. The Hall–Kier alpha value is -6.73. The number of hydrogen-bond acceptors (Lipinski definition) is 8. The number of hydrazone groups is 1. The number of nitrogens with zero attached hydrogens (tertiary/aromatic N) is 3. The van der Waals surface area contributed by atoms with Gasteiger partial charge in [-0.15, -0.1) is 0 Å². The number of benzene rings is 7. The van der Waals surface area contributed by atoms with E-state index in [4.69, 9.17) is 19.6 Å². The van der Waals surface area contributed by atoms with Gasteiger partial charge in [0.2, 0.25) is 5.13 Å². The van der Waals surface area contributed by atoms with Crippen LogP contribution >= 0.6 is 24.0 Å². The van der Waals surface area contributed by atoms with E-state index in [0.29, 0.717) is 47.1 Å². The molecule has 1 heterocycles. The SMILES string of the molecule is C/C=C/C#Cc1ccc(-c2cc(F)c(-c3ccc(OC(=O)c4ccc5cc(OCCCCS)ccc5c4)cc3)cc2/C=N/N(CCC(C)C)c2nc3c(ccc4ccccc43)s2)cc1. The summed E-state index contributed by atoms with van der Waals surface area (Å²) in [4.78, 5) is 18.4. The third-order valence-corrected chi connectivity index (χ3v) is 12.1. The first-order chi connectivity index (χ1) is 31.3. The average molecular weight is 882 g/mol. The quantitative estimate of drug-likeness (QED) is 0.0211. The van der Waals surface area contributed by atoms with Crippen LogP contribution in [0.1, 0.15) is 61.5 Å². The number of aromatic nitrogens is 1. The summed E-state index contributed by atoms with van der Waals surface area (Å²) in [6.07, 6.45) is 8.34. The van der Waals surface area contributed by atoms with Crippen molar-refractivity contribution in [2.45, 2.75) is 40.0 Å². The van der Waals surface area contributed by atoms with E-state index in [0.717, 1.165) is 84.3 Å². The Bertz CT molecular complexity index is 3060. The average Bonchev–Trinajstić information content (AvgIpc) is 3.76. The van der Waals surface area contributed by atoms with Gasteiger partial charge in [0.05, 0.1) is 28.6 Å². The van der Waals surface area contributed by atoms with E-state index >= 15 is 4.39 Å². The van der Waals surface area contributed by atoms with Gasteiger partial charge < -0.3 is 9.47 Å². The zero-order valence-corrected chi connectivity index (χ0v) is 37.8. The van der Waals surface area contributed by atoms with Crippen LogP contribution < -0.4 is 14.5 Å². The second kappa shape index (κ2) is 20.6. The number of hydrogen-bond donors (Lipinski definition) is 1. The van der Waals surface area contributed by atoms with Gasteiger partial charge in [-0.05, 0) is 144 Å². The maximum atomic E-state index is 16.4. The monoisotopic (exact) mass is 881 g/mol. The molecule has 8 aromatic rings. The molecule has 7 aromatic carbocycles. The molecule has 0 aliphatic rings. The summed E-state index contributed by atoms with van der Waals surface area (Å²) in [7, 11) is 0. The number of unbranched alkanes of at least 4 members (excludes halogenated alkanes) is 1. The number of fused-ring (bicyclic) bond motifs is 4. The highest BCUT2D eigenvalue weighted by Gasteiger charge is 2.18. The van der Waals surface area contributed by atoms with Crippen molar-refractivity contribution in [2.75, 3.05) is 23.9 Å². The molecule has 0 bridgehead atoms. The van der Waals surface area contributed by atoms with E-state index in [9.17, 15) is 4.79 Å². The lowest BCUT2D eigenvalue weighted by molar-refractivity contribution is 0.0735. The Kier molecular flexibility index (Phi) is 14.2. The highest BCUT2D eigenvalue weighted by Crippen LogP contribution is 2.36. The molecule has 0 atom stereocenters. The van der Waals surface area contributed by atoms with Crippen molar-refractivity contribution < 1.29 is 18.7 Å². The summed E-state index contributed by atoms with van der Waals surface area (Å²) in [6, 6.07) is 41.9. The van der Waals surface area contributed by atoms with Crippen molar-refractivity contribution in [3.05, 3.63) is 168 Å². The molecular formula is C55H48FN3O3S2. The van der Waals surface area contributed by atoms with Crippen molar-refractivity contribution >= 4 is 73.0 Å². The molecule has 0 fully saturated rings. The molecule has 320 valence electrons. The van der Waals surface area contributed by atoms with Gasteiger partial charge in [0.25, 0.3) is 0 Å². The van der Waals surface area contributed by atoms with E-state index in [2.05, 4.69) is 62.6 Å². The lowest BCUT2D eigenvalue weighted by Crippen LogP contribution is -2.19. The van der Waals surface area contributed by atoms with Gasteiger partial charge in [0, 0.05) is 28.6 Å². The van der Waals surface area contributed by atoms with Crippen LogP contribution in [-0.2, 0) is 0 Å². The molecule has 1 aromatic heterocycles. The van der Waals surface area contributed by atoms with Gasteiger partial charge in [0.1, 0.15) is 17.3 Å². The first-order valence-corrected chi connectivity index (χ1v) is 23.0. The molecule has 0 radical (unpaired) electrons. The van der Waals surface area contributed by atoms with Gasteiger partial charge in [-0.1, -0.05) is 110 Å². The largest absolute Gasteiger partial charge is 0.494 e. The minimum atomic E-state index is -0.488. The molecule has 0 saturated heterocycles. The van der Waals surface area contributed by atoms with Crippen LogP contribution in [0, 0.1) is 23.6 Å². The smallest absolute Gasteiger partial charge is 0.343 e. The van der Waals surface area contributed by atoms with Crippen LogP contribution in [0.25, 0.3) is 54.0 Å². The number of esters is 1. The topological polar surface area (TPSA) is 64.0 Å². The van der Waals surface area contributed by atoms with Crippen molar-refractivity contribution in [2.24, 2.45) is 11.0 Å². The number of thiazole rings is 1. The van der Waals surface area contributed by atoms with Crippen molar-refractivity contribution in [1.82, 2.24) is 4.98 Å². The molecule has 8 rings (SSSR count). The fourth-order valence-electron chi connectivity index (χ4n) is 7.30. The molecule has 0 aliphatic carbocycles. The van der Waals surface area contributed by atoms with Gasteiger partial charge in [-0.3, -0.25) is 0 Å². The summed E-state index contributed by atoms with van der Waals surface area (Å²) in [5.41, 5.74) is 5.47. The highest BCUT2D eigenvalue weighted by molar-refractivity contribution is 7.80. The van der Waals surface area contributed by atoms with Crippen LogP contribution in [0.4, 0.5) is 9.52 Å². The Balaban J connectivity index is 1.09. The zero-order valence-electron chi connectivity index (χ0n) is 36.1. The lowest BCUT2D eigenvalue weighted by atomic mass is 9.94. The van der Waals surface area contributed by atoms with Crippen LogP contribution in [0.15, 0.2) is 151 Å². The third kappa shape index (κ3) is 10.5. The number of halogens is 1. The Morgan fingerprint density at radius 2 is 1.58 bits per heavy atom. The number of anilines is 1. The Morgan fingerprint density at radius 3 is 2.38 bits per heavy atom. The first-order valence-electron chi connectivity index (χ1n) is 21.5. The standard InChI is InChI=1S/C55H48FN3O3S2/c1-4-5-6-11-38-14-16-40(17-15-38)49-35-51(56)50(34-45(49)36-57-59(29-28-37(2)3)55-58-53-48-13-8-7-12-39(48)23-27-52(53)64-55)41-20-24-46(25-21-41)62-54(60)44-19-18-43-33-47(26-22-42(43)32-44)61-30-9-10-31-63/h4-5,7-8,12-27,32-37,63H,9-10,28-31H2,1-3H3/b5-4+,57-36+. The number of allylic oxidation sites excluding steroid dienone is 2. The summed E-state index contributed by atoms with van der Waals surface area (Å²) in [5, 5.41) is 11.9. The fraction of sp³-hybridized carbons (Fsp3) is 0.182. The van der Waals surface area contributed by atoms with E-state index in [1.54, 1.807) is 60.0 Å². The highest BCUT2D eigenvalue weighted by atomic mass is 32.1. The second-order valence-corrected chi connectivity index (χ2v) is 17.3.